The third-order valence-corrected chi connectivity index (χ3v) is 4.88. The van der Waals surface area contributed by atoms with Gasteiger partial charge in [-0.15, -0.1) is 0 Å². The molecule has 0 aromatic heterocycles. The molecule has 0 saturated carbocycles. The predicted molar refractivity (Wildman–Crippen MR) is 98.2 cm³/mol. The van der Waals surface area contributed by atoms with Crippen molar-refractivity contribution in [2.45, 2.75) is 12.8 Å². The molecule has 0 radical (unpaired) electrons. The Labute approximate surface area is 150 Å². The first kappa shape index (κ1) is 16.3. The summed E-state index contributed by atoms with van der Waals surface area (Å²) in [5, 5.41) is 2.06. The molecule has 2 N–H and O–H groups in total. The molecule has 1 fully saturated rings. The quantitative estimate of drug-likeness (QED) is 0.680. The second-order valence-electron chi connectivity index (χ2n) is 6.56. The summed E-state index contributed by atoms with van der Waals surface area (Å²) in [6, 6.07) is 13.7. The van der Waals surface area contributed by atoms with Crippen LogP contribution in [0.1, 0.15) is 18.4 Å². The maximum atomic E-state index is 12.2. The SMILES string of the molecule is NC(=O)C1CCN(C=C2N=C(c3cccc4ccccc34)OC2=O)CC1. The van der Waals surface area contributed by atoms with Crippen molar-refractivity contribution in [1.29, 1.82) is 0 Å². The summed E-state index contributed by atoms with van der Waals surface area (Å²) >= 11 is 0. The molecular formula is C20H19N3O3. The predicted octanol–water partition coefficient (Wildman–Crippen LogP) is 2.18. The third-order valence-electron chi connectivity index (χ3n) is 4.88. The molecule has 1 amide bonds. The number of carbonyl (C=O) groups excluding carboxylic acids is 2. The minimum absolute atomic E-state index is 0.0880. The Balaban J connectivity index is 1.59. The molecule has 132 valence electrons. The first-order chi connectivity index (χ1) is 12.6. The molecule has 6 nitrogen and oxygen atoms in total. The van der Waals surface area contributed by atoms with Gasteiger partial charge in [-0.1, -0.05) is 36.4 Å². The average Bonchev–Trinajstić information content (AvgIpc) is 3.02. The van der Waals surface area contributed by atoms with Gasteiger partial charge in [-0.25, -0.2) is 9.79 Å². The number of benzene rings is 2. The molecule has 4 rings (SSSR count). The summed E-state index contributed by atoms with van der Waals surface area (Å²) in [5.74, 6) is -0.473. The number of hydrogen-bond donors (Lipinski definition) is 1. The summed E-state index contributed by atoms with van der Waals surface area (Å²) in [4.78, 5) is 29.9. The van der Waals surface area contributed by atoms with E-state index in [0.29, 0.717) is 31.8 Å². The Morgan fingerprint density at radius 2 is 1.88 bits per heavy atom. The van der Waals surface area contributed by atoms with Crippen molar-refractivity contribution in [3.8, 4) is 0 Å². The zero-order chi connectivity index (χ0) is 18.1. The molecule has 0 spiro atoms. The minimum atomic E-state index is -0.454. The fourth-order valence-corrected chi connectivity index (χ4v) is 3.41. The summed E-state index contributed by atoms with van der Waals surface area (Å²) in [5.41, 5.74) is 6.44. The number of nitrogens with zero attached hydrogens (tertiary/aromatic N) is 2. The molecule has 26 heavy (non-hydrogen) atoms. The van der Waals surface area contributed by atoms with Crippen molar-refractivity contribution in [3.05, 3.63) is 59.9 Å². The zero-order valence-corrected chi connectivity index (χ0v) is 14.2. The molecule has 2 heterocycles. The van der Waals surface area contributed by atoms with E-state index in [4.69, 9.17) is 10.5 Å². The van der Waals surface area contributed by atoms with Crippen LogP contribution in [0.2, 0.25) is 0 Å². The maximum absolute atomic E-state index is 12.2. The van der Waals surface area contributed by atoms with Crippen LogP contribution in [0.4, 0.5) is 0 Å². The zero-order valence-electron chi connectivity index (χ0n) is 14.2. The fraction of sp³-hybridized carbons (Fsp3) is 0.250. The lowest BCUT2D eigenvalue weighted by atomic mass is 9.96. The van der Waals surface area contributed by atoms with Gasteiger partial charge in [0.05, 0.1) is 0 Å². The van der Waals surface area contributed by atoms with E-state index in [1.165, 1.54) is 0 Å². The summed E-state index contributed by atoms with van der Waals surface area (Å²) in [6.45, 7) is 1.34. The van der Waals surface area contributed by atoms with Crippen LogP contribution in [0.15, 0.2) is 59.4 Å². The number of fused-ring (bicyclic) bond motifs is 1. The smallest absolute Gasteiger partial charge is 0.365 e. The Morgan fingerprint density at radius 3 is 2.65 bits per heavy atom. The van der Waals surface area contributed by atoms with E-state index in [9.17, 15) is 9.59 Å². The molecular weight excluding hydrogens is 330 g/mol. The van der Waals surface area contributed by atoms with Crippen LogP contribution in [0.25, 0.3) is 10.8 Å². The molecule has 2 aromatic rings. The van der Waals surface area contributed by atoms with E-state index in [2.05, 4.69) is 4.99 Å². The highest BCUT2D eigenvalue weighted by Gasteiger charge is 2.27. The number of amides is 1. The molecule has 2 aliphatic heterocycles. The van der Waals surface area contributed by atoms with Gasteiger partial charge in [0.1, 0.15) is 0 Å². The number of cyclic esters (lactones) is 1. The van der Waals surface area contributed by atoms with Gasteiger partial charge in [0.25, 0.3) is 0 Å². The lowest BCUT2D eigenvalue weighted by Crippen LogP contribution is -2.36. The topological polar surface area (TPSA) is 85.0 Å². The number of rotatable bonds is 3. The Morgan fingerprint density at radius 1 is 1.15 bits per heavy atom. The number of piperidine rings is 1. The van der Waals surface area contributed by atoms with E-state index in [0.717, 1.165) is 16.3 Å². The van der Waals surface area contributed by atoms with Crippen molar-refractivity contribution in [3.63, 3.8) is 0 Å². The second-order valence-corrected chi connectivity index (χ2v) is 6.56. The first-order valence-electron chi connectivity index (χ1n) is 8.66. The second kappa shape index (κ2) is 6.63. The number of likely N-dealkylation sites (tertiary alicyclic amines) is 1. The van der Waals surface area contributed by atoms with Crippen LogP contribution >= 0.6 is 0 Å². The van der Waals surface area contributed by atoms with Gasteiger partial charge in [-0.05, 0) is 29.7 Å². The Kier molecular flexibility index (Phi) is 4.16. The van der Waals surface area contributed by atoms with Gasteiger partial charge in [-0.3, -0.25) is 4.79 Å². The molecule has 0 aliphatic carbocycles. The van der Waals surface area contributed by atoms with Crippen molar-refractivity contribution in [2.75, 3.05) is 13.1 Å². The summed E-state index contributed by atoms with van der Waals surface area (Å²) < 4.78 is 5.41. The largest absolute Gasteiger partial charge is 0.402 e. The molecule has 0 atom stereocenters. The van der Waals surface area contributed by atoms with Crippen LogP contribution in [-0.4, -0.2) is 35.8 Å². The molecule has 6 heteroatoms. The van der Waals surface area contributed by atoms with Gasteiger partial charge >= 0.3 is 5.97 Å². The van der Waals surface area contributed by atoms with Crippen LogP contribution in [-0.2, 0) is 14.3 Å². The normalized spacial score (nSPS) is 19.7. The van der Waals surface area contributed by atoms with E-state index >= 15 is 0 Å². The highest BCUT2D eigenvalue weighted by atomic mass is 16.6. The van der Waals surface area contributed by atoms with E-state index in [1.807, 2.05) is 47.4 Å². The lowest BCUT2D eigenvalue weighted by Gasteiger charge is -2.29. The molecule has 2 aliphatic rings. The highest BCUT2D eigenvalue weighted by Crippen LogP contribution is 2.25. The first-order valence-corrected chi connectivity index (χ1v) is 8.66. The number of nitrogens with two attached hydrogens (primary N) is 1. The Bertz CT molecular complexity index is 935. The van der Waals surface area contributed by atoms with Gasteiger partial charge in [0, 0.05) is 30.8 Å². The monoisotopic (exact) mass is 349 g/mol. The lowest BCUT2D eigenvalue weighted by molar-refractivity contribution is -0.130. The van der Waals surface area contributed by atoms with Crippen molar-refractivity contribution in [1.82, 2.24) is 4.90 Å². The van der Waals surface area contributed by atoms with E-state index < -0.39 is 5.97 Å². The number of ether oxygens (including phenoxy) is 1. The standard InChI is InChI=1S/C20H19N3O3/c21-18(24)14-8-10-23(11-9-14)12-17-20(25)26-19(22-17)16-7-3-5-13-4-1-2-6-15(13)16/h1-7,12,14H,8-11H2,(H2,21,24). The molecule has 0 unspecified atom stereocenters. The number of esters is 1. The van der Waals surface area contributed by atoms with E-state index in [-0.39, 0.29) is 17.5 Å². The summed E-state index contributed by atoms with van der Waals surface area (Å²) in [6.07, 6.45) is 3.10. The van der Waals surface area contributed by atoms with Crippen LogP contribution in [0.3, 0.4) is 0 Å². The number of carbonyl (C=O) groups is 2. The highest BCUT2D eigenvalue weighted by molar-refractivity contribution is 6.16. The number of hydrogen-bond acceptors (Lipinski definition) is 5. The van der Waals surface area contributed by atoms with Gasteiger partial charge < -0.3 is 15.4 Å². The van der Waals surface area contributed by atoms with Crippen molar-refractivity contribution < 1.29 is 14.3 Å². The average molecular weight is 349 g/mol. The minimum Gasteiger partial charge on any atom is -0.402 e. The van der Waals surface area contributed by atoms with E-state index in [1.54, 1.807) is 6.20 Å². The van der Waals surface area contributed by atoms with Crippen molar-refractivity contribution >= 4 is 28.5 Å². The maximum Gasteiger partial charge on any atom is 0.365 e. The Hall–Kier alpha value is -3.15. The number of primary amides is 1. The number of aliphatic imine (C=N–C) groups is 1. The fourth-order valence-electron chi connectivity index (χ4n) is 3.41. The molecule has 0 bridgehead atoms. The van der Waals surface area contributed by atoms with Gasteiger partial charge in [0.2, 0.25) is 11.8 Å². The van der Waals surface area contributed by atoms with Gasteiger partial charge in [0.15, 0.2) is 5.70 Å². The molecule has 1 saturated heterocycles. The van der Waals surface area contributed by atoms with Crippen LogP contribution in [0, 0.1) is 5.92 Å². The van der Waals surface area contributed by atoms with Crippen molar-refractivity contribution in [2.24, 2.45) is 16.6 Å². The summed E-state index contributed by atoms with van der Waals surface area (Å²) in [7, 11) is 0. The molecule has 2 aromatic carbocycles. The van der Waals surface area contributed by atoms with Crippen LogP contribution in [0.5, 0.6) is 0 Å². The third kappa shape index (κ3) is 3.06. The van der Waals surface area contributed by atoms with Crippen LogP contribution < -0.4 is 5.73 Å². The van der Waals surface area contributed by atoms with Gasteiger partial charge in [-0.2, -0.15) is 0 Å².